The first-order chi connectivity index (χ1) is 15.8. The van der Waals surface area contributed by atoms with E-state index in [0.717, 1.165) is 37.1 Å². The van der Waals surface area contributed by atoms with E-state index in [1.165, 1.54) is 0 Å². The van der Waals surface area contributed by atoms with Gasteiger partial charge in [-0.1, -0.05) is 12.1 Å². The van der Waals surface area contributed by atoms with Crippen LogP contribution in [-0.4, -0.2) is 78.7 Å². The van der Waals surface area contributed by atoms with Crippen LogP contribution in [0.3, 0.4) is 0 Å². The summed E-state index contributed by atoms with van der Waals surface area (Å²) in [6.45, 7) is 2.80. The lowest BCUT2D eigenvalue weighted by Gasteiger charge is -2.38. The third kappa shape index (κ3) is 4.56. The minimum Gasteiger partial charge on any atom is -0.322 e. The van der Waals surface area contributed by atoms with Gasteiger partial charge < -0.3 is 10.2 Å². The Hall–Kier alpha value is -2.30. The van der Waals surface area contributed by atoms with Crippen LogP contribution < -0.4 is 10.6 Å². The van der Waals surface area contributed by atoms with Crippen molar-refractivity contribution in [3.8, 4) is 0 Å². The number of piperidine rings is 2. The van der Waals surface area contributed by atoms with Gasteiger partial charge >= 0.3 is 0 Å². The van der Waals surface area contributed by atoms with Crippen molar-refractivity contribution in [3.63, 3.8) is 0 Å². The molecule has 3 saturated heterocycles. The minimum absolute atomic E-state index is 0.00188. The van der Waals surface area contributed by atoms with E-state index >= 15 is 0 Å². The number of hydrogen-bond acceptors (Lipinski definition) is 7. The fourth-order valence-corrected chi connectivity index (χ4v) is 7.38. The Morgan fingerprint density at radius 3 is 2.52 bits per heavy atom. The molecule has 0 saturated carbocycles. The van der Waals surface area contributed by atoms with Crippen molar-refractivity contribution < 1.29 is 22.8 Å². The number of rotatable bonds is 5. The predicted octanol–water partition coefficient (Wildman–Crippen LogP) is 0.189. The number of benzene rings is 1. The normalized spacial score (nSPS) is 27.8. The SMILES string of the molecule is O=C1CCC(N2Cc3ccc(CN(C4CCNCC4)C4CCS(=O)(=O)C4)cc3C2=O)C(=O)N1. The molecule has 5 rings (SSSR count). The van der Waals surface area contributed by atoms with Crippen LogP contribution in [-0.2, 0) is 32.5 Å². The summed E-state index contributed by atoms with van der Waals surface area (Å²) in [5, 5.41) is 5.71. The van der Waals surface area contributed by atoms with Gasteiger partial charge in [0.1, 0.15) is 6.04 Å². The molecule has 3 amide bonds. The van der Waals surface area contributed by atoms with E-state index in [1.54, 1.807) is 4.90 Å². The van der Waals surface area contributed by atoms with Gasteiger partial charge in [-0.05, 0) is 56.0 Å². The molecule has 0 bridgehead atoms. The molecule has 0 radical (unpaired) electrons. The summed E-state index contributed by atoms with van der Waals surface area (Å²) >= 11 is 0. The Morgan fingerprint density at radius 1 is 1.03 bits per heavy atom. The zero-order chi connectivity index (χ0) is 23.2. The number of amides is 3. The van der Waals surface area contributed by atoms with Gasteiger partial charge in [-0.2, -0.15) is 0 Å². The lowest BCUT2D eigenvalue weighted by Crippen LogP contribution is -2.52. The maximum absolute atomic E-state index is 13.2. The molecule has 4 aliphatic heterocycles. The highest BCUT2D eigenvalue weighted by Gasteiger charge is 2.40. The Labute approximate surface area is 193 Å². The van der Waals surface area contributed by atoms with Crippen LogP contribution in [0.2, 0.25) is 0 Å². The molecule has 2 atom stereocenters. The third-order valence-electron chi connectivity index (χ3n) is 7.41. The molecule has 1 aromatic rings. The molecular weight excluding hydrogens is 444 g/mol. The molecule has 0 aliphatic carbocycles. The van der Waals surface area contributed by atoms with Gasteiger partial charge in [-0.25, -0.2) is 8.42 Å². The summed E-state index contributed by atoms with van der Waals surface area (Å²) < 4.78 is 24.3. The van der Waals surface area contributed by atoms with E-state index in [-0.39, 0.29) is 35.8 Å². The number of nitrogens with one attached hydrogen (secondary N) is 2. The van der Waals surface area contributed by atoms with Gasteiger partial charge in [0.25, 0.3) is 5.91 Å². The highest BCUT2D eigenvalue weighted by atomic mass is 32.2. The molecular formula is C23H30N4O5S. The fraction of sp³-hybridized carbons (Fsp3) is 0.609. The summed E-state index contributed by atoms with van der Waals surface area (Å²) in [4.78, 5) is 40.8. The zero-order valence-electron chi connectivity index (χ0n) is 18.6. The van der Waals surface area contributed by atoms with Crippen LogP contribution in [0.15, 0.2) is 18.2 Å². The Morgan fingerprint density at radius 2 is 1.82 bits per heavy atom. The van der Waals surface area contributed by atoms with Gasteiger partial charge in [0.15, 0.2) is 9.84 Å². The molecule has 0 spiro atoms. The zero-order valence-corrected chi connectivity index (χ0v) is 19.4. The smallest absolute Gasteiger partial charge is 0.255 e. The van der Waals surface area contributed by atoms with Gasteiger partial charge in [0.05, 0.1) is 11.5 Å². The molecule has 178 valence electrons. The number of sulfone groups is 1. The Kier molecular flexibility index (Phi) is 6.00. The summed E-state index contributed by atoms with van der Waals surface area (Å²) in [7, 11) is -3.00. The second kappa shape index (κ2) is 8.81. The molecule has 2 N–H and O–H groups in total. The second-order valence-corrected chi connectivity index (χ2v) is 11.8. The van der Waals surface area contributed by atoms with Crippen molar-refractivity contribution in [1.29, 1.82) is 0 Å². The van der Waals surface area contributed by atoms with E-state index < -0.39 is 21.8 Å². The molecule has 1 aromatic carbocycles. The van der Waals surface area contributed by atoms with Crippen molar-refractivity contribution in [2.24, 2.45) is 0 Å². The van der Waals surface area contributed by atoms with Crippen molar-refractivity contribution >= 4 is 27.6 Å². The number of carbonyl (C=O) groups excluding carboxylic acids is 3. The third-order valence-corrected chi connectivity index (χ3v) is 9.16. The molecule has 9 nitrogen and oxygen atoms in total. The predicted molar refractivity (Wildman–Crippen MR) is 121 cm³/mol. The average Bonchev–Trinajstić information content (AvgIpc) is 3.31. The summed E-state index contributed by atoms with van der Waals surface area (Å²) in [5.74, 6) is -0.452. The van der Waals surface area contributed by atoms with Crippen LogP contribution in [0.25, 0.3) is 0 Å². The van der Waals surface area contributed by atoms with Crippen LogP contribution in [0.1, 0.15) is 53.6 Å². The molecule has 3 fully saturated rings. The summed E-state index contributed by atoms with van der Waals surface area (Å²) in [6, 6.07) is 5.55. The monoisotopic (exact) mass is 474 g/mol. The lowest BCUT2D eigenvalue weighted by molar-refractivity contribution is -0.136. The van der Waals surface area contributed by atoms with Crippen LogP contribution in [0.4, 0.5) is 0 Å². The first kappa shape index (κ1) is 22.5. The average molecular weight is 475 g/mol. The topological polar surface area (TPSA) is 116 Å². The molecule has 0 aromatic heterocycles. The molecule has 2 unspecified atom stereocenters. The van der Waals surface area contributed by atoms with E-state index in [2.05, 4.69) is 15.5 Å². The molecule has 4 heterocycles. The molecule has 4 aliphatic rings. The van der Waals surface area contributed by atoms with Gasteiger partial charge in [-0.15, -0.1) is 0 Å². The van der Waals surface area contributed by atoms with E-state index in [1.807, 2.05) is 18.2 Å². The fourth-order valence-electron chi connectivity index (χ4n) is 5.64. The van der Waals surface area contributed by atoms with Gasteiger partial charge in [0, 0.05) is 37.2 Å². The number of carbonyl (C=O) groups is 3. The van der Waals surface area contributed by atoms with Crippen LogP contribution in [0, 0.1) is 0 Å². The summed E-state index contributed by atoms with van der Waals surface area (Å²) in [6.07, 6.45) is 3.18. The maximum atomic E-state index is 13.2. The molecule has 10 heteroatoms. The highest BCUT2D eigenvalue weighted by molar-refractivity contribution is 7.91. The highest BCUT2D eigenvalue weighted by Crippen LogP contribution is 2.30. The first-order valence-electron chi connectivity index (χ1n) is 11.7. The van der Waals surface area contributed by atoms with E-state index in [4.69, 9.17) is 0 Å². The summed E-state index contributed by atoms with van der Waals surface area (Å²) in [5.41, 5.74) is 2.46. The number of fused-ring (bicyclic) bond motifs is 1. The molecule has 33 heavy (non-hydrogen) atoms. The van der Waals surface area contributed by atoms with Crippen LogP contribution >= 0.6 is 0 Å². The lowest BCUT2D eigenvalue weighted by atomic mass is 9.99. The second-order valence-electron chi connectivity index (χ2n) is 9.60. The maximum Gasteiger partial charge on any atom is 0.255 e. The Bertz CT molecular complexity index is 1080. The van der Waals surface area contributed by atoms with Crippen LogP contribution in [0.5, 0.6) is 0 Å². The van der Waals surface area contributed by atoms with Crippen molar-refractivity contribution in [3.05, 3.63) is 34.9 Å². The van der Waals surface area contributed by atoms with Crippen molar-refractivity contribution in [2.45, 2.75) is 63.3 Å². The van der Waals surface area contributed by atoms with Gasteiger partial charge in [-0.3, -0.25) is 24.6 Å². The van der Waals surface area contributed by atoms with E-state index in [0.29, 0.717) is 37.5 Å². The van der Waals surface area contributed by atoms with E-state index in [9.17, 15) is 22.8 Å². The largest absolute Gasteiger partial charge is 0.322 e. The first-order valence-corrected chi connectivity index (χ1v) is 13.6. The quantitative estimate of drug-likeness (QED) is 0.585. The number of hydrogen-bond donors (Lipinski definition) is 2. The van der Waals surface area contributed by atoms with Crippen molar-refractivity contribution in [1.82, 2.24) is 20.4 Å². The van der Waals surface area contributed by atoms with Gasteiger partial charge in [0.2, 0.25) is 11.8 Å². The number of imide groups is 1. The van der Waals surface area contributed by atoms with Crippen molar-refractivity contribution in [2.75, 3.05) is 24.6 Å². The Balaban J connectivity index is 1.35. The minimum atomic E-state index is -3.00. The number of nitrogens with zero attached hydrogens (tertiary/aromatic N) is 2. The standard InChI is InChI=1S/C23H30N4O5S/c28-21-4-3-20(22(29)25-21)27-13-16-2-1-15(11-19(16)23(27)30)12-26(17-5-8-24-9-6-17)18-7-10-33(31,32)14-18/h1-2,11,17-18,20,24H,3-10,12-14H2,(H,25,28,29).